The zero-order valence-corrected chi connectivity index (χ0v) is 32.3. The maximum absolute atomic E-state index is 6.91. The fourth-order valence-corrected chi connectivity index (χ4v) is 37.3. The van der Waals surface area contributed by atoms with Gasteiger partial charge >= 0.3 is 0 Å². The van der Waals surface area contributed by atoms with Crippen LogP contribution in [-0.4, -0.2) is 49.4 Å². The number of rotatable bonds is 19. The first-order chi connectivity index (χ1) is 15.2. The molecule has 0 rings (SSSR count). The van der Waals surface area contributed by atoms with Gasteiger partial charge in [0.05, 0.1) is 0 Å². The molecule has 0 aliphatic heterocycles. The molecule has 0 aromatic carbocycles. The standard InChI is InChI=1S/C26H66O2Si6/c1-15-17-19-31(7,8)27-33(11,12)25-23-29(3,4)21-22-30(5,6)24-26-34(13,14)28-32(9,10)20-18-16-2/h15-26H2,1-14H3. The summed E-state index contributed by atoms with van der Waals surface area (Å²) in [5.41, 5.74) is 0. The lowest BCUT2D eigenvalue weighted by Crippen LogP contribution is -2.46. The molecule has 0 aliphatic rings. The highest BCUT2D eigenvalue weighted by molar-refractivity contribution is 6.88. The Balaban J connectivity index is 4.69. The average Bonchev–Trinajstić information content (AvgIpc) is 2.66. The first-order valence-electron chi connectivity index (χ1n) is 14.6. The van der Waals surface area contributed by atoms with E-state index >= 15 is 0 Å². The Hall–Kier alpha value is 1.22. The molecule has 0 atom stereocenters. The molecule has 0 amide bonds. The minimum Gasteiger partial charge on any atom is -0.456 e. The van der Waals surface area contributed by atoms with Crippen LogP contribution in [-0.2, 0) is 8.23 Å². The summed E-state index contributed by atoms with van der Waals surface area (Å²) in [6, 6.07) is 11.4. The van der Waals surface area contributed by atoms with E-state index in [2.05, 4.69) is 92.4 Å². The Bertz CT molecular complexity index is 524. The first-order valence-corrected chi connectivity index (χ1v) is 33.8. The Morgan fingerprint density at radius 1 is 0.353 bits per heavy atom. The summed E-state index contributed by atoms with van der Waals surface area (Å²) in [4.78, 5) is 0. The SMILES string of the molecule is CCCC[Si](C)(C)O[Si](C)(C)CC[Si](C)(C)CC[Si](C)(C)CC[Si](C)(C)O[Si](C)(C)CCCC. The van der Waals surface area contributed by atoms with Crippen LogP contribution in [0.1, 0.15) is 39.5 Å². The normalized spacial score (nSPS) is 14.6. The molecule has 34 heavy (non-hydrogen) atoms. The molecule has 0 bridgehead atoms. The molecule has 0 fully saturated rings. The Morgan fingerprint density at radius 2 is 0.588 bits per heavy atom. The van der Waals surface area contributed by atoms with Crippen molar-refractivity contribution in [3.05, 3.63) is 0 Å². The van der Waals surface area contributed by atoms with Crippen molar-refractivity contribution in [1.82, 2.24) is 0 Å². The first kappa shape index (κ1) is 35.2. The molecule has 8 heteroatoms. The van der Waals surface area contributed by atoms with Crippen LogP contribution in [0.25, 0.3) is 0 Å². The smallest absolute Gasteiger partial charge is 0.173 e. The molecule has 0 heterocycles. The lowest BCUT2D eigenvalue weighted by atomic mass is 10.4. The molecule has 0 spiro atoms. The molecule has 2 nitrogen and oxygen atoms in total. The van der Waals surface area contributed by atoms with Crippen molar-refractivity contribution in [3.63, 3.8) is 0 Å². The summed E-state index contributed by atoms with van der Waals surface area (Å²) in [7, 11) is -8.37. The van der Waals surface area contributed by atoms with E-state index in [9.17, 15) is 0 Å². The fourth-order valence-electron chi connectivity index (χ4n) is 5.11. The van der Waals surface area contributed by atoms with Gasteiger partial charge in [-0.15, -0.1) is 0 Å². The van der Waals surface area contributed by atoms with Gasteiger partial charge in [0, 0.05) is 16.1 Å². The van der Waals surface area contributed by atoms with Crippen LogP contribution in [0.4, 0.5) is 0 Å². The highest BCUT2D eigenvalue weighted by Crippen LogP contribution is 2.33. The topological polar surface area (TPSA) is 18.5 Å². The van der Waals surface area contributed by atoms with Crippen LogP contribution in [0.5, 0.6) is 0 Å². The van der Waals surface area contributed by atoms with Crippen molar-refractivity contribution >= 4 is 49.4 Å². The molecule has 0 saturated carbocycles. The fraction of sp³-hybridized carbons (Fsp3) is 1.00. The largest absolute Gasteiger partial charge is 0.456 e. The average molecular weight is 579 g/mol. The number of hydrogen-bond acceptors (Lipinski definition) is 2. The summed E-state index contributed by atoms with van der Waals surface area (Å²) < 4.78 is 13.8. The summed E-state index contributed by atoms with van der Waals surface area (Å²) in [5, 5.41) is 0. The summed E-state index contributed by atoms with van der Waals surface area (Å²) in [5.74, 6) is 0. The predicted octanol–water partition coefficient (Wildman–Crippen LogP) is 10.9. The van der Waals surface area contributed by atoms with Gasteiger partial charge in [-0.25, -0.2) is 0 Å². The zero-order valence-electron chi connectivity index (χ0n) is 26.3. The number of unbranched alkanes of at least 4 members (excludes halogenated alkanes) is 2. The second-order valence-electron chi connectivity index (χ2n) is 15.3. The van der Waals surface area contributed by atoms with Gasteiger partial charge in [0.15, 0.2) is 33.3 Å². The number of hydrogen-bond donors (Lipinski definition) is 0. The minimum absolute atomic E-state index is 1.16. The van der Waals surface area contributed by atoms with Crippen molar-refractivity contribution in [3.8, 4) is 0 Å². The molecule has 0 aromatic heterocycles. The van der Waals surface area contributed by atoms with Gasteiger partial charge in [-0.3, -0.25) is 0 Å². The van der Waals surface area contributed by atoms with Crippen LogP contribution >= 0.6 is 0 Å². The minimum atomic E-state index is -1.55. The third-order valence-corrected chi connectivity index (χ3v) is 30.4. The van der Waals surface area contributed by atoms with Crippen LogP contribution in [0.2, 0.25) is 127 Å². The van der Waals surface area contributed by atoms with Crippen LogP contribution < -0.4 is 0 Å². The van der Waals surface area contributed by atoms with Crippen molar-refractivity contribution in [2.24, 2.45) is 0 Å². The van der Waals surface area contributed by atoms with E-state index in [4.69, 9.17) is 8.23 Å². The predicted molar refractivity (Wildman–Crippen MR) is 175 cm³/mol. The van der Waals surface area contributed by atoms with Gasteiger partial charge in [0.1, 0.15) is 0 Å². The Kier molecular flexibility index (Phi) is 14.9. The quantitative estimate of drug-likeness (QED) is 0.142. The van der Waals surface area contributed by atoms with Crippen LogP contribution in [0.15, 0.2) is 0 Å². The molecule has 206 valence electrons. The molecule has 0 saturated heterocycles. The third kappa shape index (κ3) is 17.6. The maximum atomic E-state index is 6.91. The molecule has 0 unspecified atom stereocenters. The molecular formula is C26H66O2Si6. The summed E-state index contributed by atoms with van der Waals surface area (Å²) in [6.07, 6.45) is 5.27. The van der Waals surface area contributed by atoms with Crippen molar-refractivity contribution in [1.29, 1.82) is 0 Å². The van der Waals surface area contributed by atoms with Gasteiger partial charge in [0.25, 0.3) is 0 Å². The van der Waals surface area contributed by atoms with Crippen molar-refractivity contribution in [2.45, 2.75) is 166 Å². The summed E-state index contributed by atoms with van der Waals surface area (Å²) >= 11 is 0. The van der Waals surface area contributed by atoms with Crippen LogP contribution in [0.3, 0.4) is 0 Å². The molecular weight excluding hydrogens is 513 g/mol. The van der Waals surface area contributed by atoms with Gasteiger partial charge in [-0.05, 0) is 76.6 Å². The molecule has 0 N–H and O–H groups in total. The lowest BCUT2D eigenvalue weighted by molar-refractivity contribution is 0.533. The molecule has 0 aromatic rings. The van der Waals surface area contributed by atoms with E-state index in [-0.39, 0.29) is 0 Å². The van der Waals surface area contributed by atoms with E-state index in [1.54, 1.807) is 0 Å². The second kappa shape index (κ2) is 14.4. The lowest BCUT2D eigenvalue weighted by Gasteiger charge is -2.37. The Labute approximate surface area is 223 Å². The van der Waals surface area contributed by atoms with E-state index in [0.29, 0.717) is 0 Å². The molecule has 0 aliphatic carbocycles. The Morgan fingerprint density at radius 3 is 0.853 bits per heavy atom. The van der Waals surface area contributed by atoms with Gasteiger partial charge in [-0.1, -0.05) is 89.9 Å². The van der Waals surface area contributed by atoms with Gasteiger partial charge < -0.3 is 8.23 Å². The van der Waals surface area contributed by atoms with Crippen molar-refractivity contribution in [2.75, 3.05) is 0 Å². The van der Waals surface area contributed by atoms with Crippen LogP contribution in [0, 0.1) is 0 Å². The monoisotopic (exact) mass is 578 g/mol. The van der Waals surface area contributed by atoms with Gasteiger partial charge in [0.2, 0.25) is 0 Å². The van der Waals surface area contributed by atoms with Crippen molar-refractivity contribution < 1.29 is 8.23 Å². The zero-order chi connectivity index (χ0) is 26.9. The van der Waals surface area contributed by atoms with E-state index in [1.807, 2.05) is 0 Å². The highest BCUT2D eigenvalue weighted by Gasteiger charge is 2.37. The van der Waals surface area contributed by atoms with E-state index < -0.39 is 49.4 Å². The molecule has 0 radical (unpaired) electrons. The van der Waals surface area contributed by atoms with Gasteiger partial charge in [-0.2, -0.15) is 0 Å². The van der Waals surface area contributed by atoms with E-state index in [1.165, 1.54) is 74.0 Å². The third-order valence-electron chi connectivity index (χ3n) is 7.66. The second-order valence-corrected chi connectivity index (χ2v) is 43.6. The maximum Gasteiger partial charge on any atom is 0.173 e. The van der Waals surface area contributed by atoms with E-state index in [0.717, 1.165) is 0 Å². The highest BCUT2D eigenvalue weighted by atomic mass is 28.4. The summed E-state index contributed by atoms with van der Waals surface area (Å²) in [6.45, 7) is 35.0.